The first-order valence-electron chi connectivity index (χ1n) is 11.0. The smallest absolute Gasteiger partial charge is 0.197 e. The van der Waals surface area contributed by atoms with Crippen LogP contribution in [0.3, 0.4) is 0 Å². The number of hydrogen-bond acceptors (Lipinski definition) is 6. The summed E-state index contributed by atoms with van der Waals surface area (Å²) in [5, 5.41) is 2.56. The number of ketones is 2. The van der Waals surface area contributed by atoms with Crippen molar-refractivity contribution in [1.82, 2.24) is 14.5 Å². The van der Waals surface area contributed by atoms with Gasteiger partial charge in [-0.2, -0.15) is 0 Å². The number of nitrogens with zero attached hydrogens (tertiary/aromatic N) is 3. The van der Waals surface area contributed by atoms with Crippen LogP contribution in [0, 0.1) is 0 Å². The van der Waals surface area contributed by atoms with E-state index in [1.807, 2.05) is 71.3 Å². The molecule has 0 fully saturated rings. The van der Waals surface area contributed by atoms with Crippen molar-refractivity contribution < 1.29 is 14.0 Å². The number of aromatic nitrogens is 3. The topological polar surface area (TPSA) is 78.0 Å². The lowest BCUT2D eigenvalue weighted by Crippen LogP contribution is -2.04. The van der Waals surface area contributed by atoms with Gasteiger partial charge >= 0.3 is 0 Å². The Bertz CT molecular complexity index is 1770. The highest BCUT2D eigenvalue weighted by Crippen LogP contribution is 2.35. The van der Waals surface area contributed by atoms with Crippen LogP contribution < -0.4 is 0 Å². The van der Waals surface area contributed by atoms with E-state index < -0.39 is 0 Å². The molecular formula is C28H15N3O3S. The van der Waals surface area contributed by atoms with Crippen molar-refractivity contribution in [3.05, 3.63) is 108 Å². The fourth-order valence-electron chi connectivity index (χ4n) is 4.49. The summed E-state index contributed by atoms with van der Waals surface area (Å²) in [4.78, 5) is 36.9. The number of carbonyl (C=O) groups excluding carboxylic acids is 2. The van der Waals surface area contributed by atoms with Crippen molar-refractivity contribution in [2.24, 2.45) is 0 Å². The average molecular weight is 474 g/mol. The molecule has 3 aromatic carbocycles. The molecule has 0 unspecified atom stereocenters. The second-order valence-corrected chi connectivity index (χ2v) is 9.20. The number of furan rings is 1. The predicted molar refractivity (Wildman–Crippen MR) is 135 cm³/mol. The van der Waals surface area contributed by atoms with Crippen LogP contribution in [-0.2, 0) is 0 Å². The summed E-state index contributed by atoms with van der Waals surface area (Å²) in [6, 6.07) is 24.6. The lowest BCUT2D eigenvalue weighted by Gasteiger charge is -2.06. The number of carbonyl (C=O) groups is 2. The van der Waals surface area contributed by atoms with Crippen LogP contribution in [0.5, 0.6) is 0 Å². The highest BCUT2D eigenvalue weighted by atomic mass is 32.1. The molecule has 7 rings (SSSR count). The van der Waals surface area contributed by atoms with Crippen LogP contribution in [0.25, 0.3) is 43.8 Å². The molecule has 1 aliphatic carbocycles. The average Bonchev–Trinajstić information content (AvgIpc) is 3.65. The van der Waals surface area contributed by atoms with Gasteiger partial charge in [0.15, 0.2) is 32.8 Å². The van der Waals surface area contributed by atoms with Crippen LogP contribution >= 0.6 is 11.3 Å². The number of allylic oxidation sites excluding steroid dienone is 1. The van der Waals surface area contributed by atoms with Gasteiger partial charge in [-0.15, -0.1) is 0 Å². The maximum Gasteiger partial charge on any atom is 0.197 e. The zero-order valence-electron chi connectivity index (χ0n) is 18.1. The second kappa shape index (κ2) is 7.44. The first-order valence-corrected chi connectivity index (χ1v) is 11.8. The number of rotatable bonds is 3. The number of fused-ring (bicyclic) bond motifs is 3. The van der Waals surface area contributed by atoms with Gasteiger partial charge in [-0.05, 0) is 53.2 Å². The van der Waals surface area contributed by atoms with Crippen LogP contribution in [0.4, 0.5) is 0 Å². The molecule has 0 saturated heterocycles. The van der Waals surface area contributed by atoms with Gasteiger partial charge in [0, 0.05) is 16.8 Å². The van der Waals surface area contributed by atoms with Crippen LogP contribution in [-0.4, -0.2) is 26.1 Å². The number of thiazole rings is 1. The molecule has 6 nitrogen and oxygen atoms in total. The molecule has 0 amide bonds. The SMILES string of the molecule is O=C1C(=Cc2nc3sc(-c4ccco4)nc3n2-c2ccccc2)C(=O)c2cc3ccccc3cc21. The third-order valence-electron chi connectivity index (χ3n) is 6.13. The minimum atomic E-state index is -0.286. The molecule has 1 aliphatic rings. The van der Waals surface area contributed by atoms with Gasteiger partial charge in [0.25, 0.3) is 0 Å². The second-order valence-electron chi connectivity index (χ2n) is 8.23. The number of Topliss-reactive ketones (excluding diaryl/α,β-unsaturated/α-hetero) is 2. The van der Waals surface area contributed by atoms with Gasteiger partial charge in [-0.25, -0.2) is 9.97 Å². The minimum Gasteiger partial charge on any atom is -0.462 e. The fourth-order valence-corrected chi connectivity index (χ4v) is 5.39. The molecular weight excluding hydrogens is 458 g/mol. The van der Waals surface area contributed by atoms with Gasteiger partial charge in [-0.1, -0.05) is 53.8 Å². The predicted octanol–water partition coefficient (Wildman–Crippen LogP) is 6.36. The van der Waals surface area contributed by atoms with Crippen LogP contribution in [0.2, 0.25) is 0 Å². The summed E-state index contributed by atoms with van der Waals surface area (Å²) in [7, 11) is 0. The Balaban J connectivity index is 1.41. The van der Waals surface area contributed by atoms with E-state index in [-0.39, 0.29) is 17.1 Å². The number of para-hydroxylation sites is 1. The third kappa shape index (κ3) is 3.02. The van der Waals surface area contributed by atoms with Crippen molar-refractivity contribution in [2.75, 3.05) is 0 Å². The van der Waals surface area contributed by atoms with Crippen molar-refractivity contribution in [3.8, 4) is 16.5 Å². The molecule has 3 aromatic heterocycles. The van der Waals surface area contributed by atoms with E-state index >= 15 is 0 Å². The number of benzene rings is 3. The van der Waals surface area contributed by atoms with E-state index in [4.69, 9.17) is 14.4 Å². The Morgan fingerprint density at radius 2 is 1.49 bits per heavy atom. The molecule has 166 valence electrons. The minimum absolute atomic E-state index is 0.108. The quantitative estimate of drug-likeness (QED) is 0.221. The highest BCUT2D eigenvalue weighted by molar-refractivity contribution is 7.21. The van der Waals surface area contributed by atoms with Gasteiger partial charge < -0.3 is 4.42 Å². The molecule has 35 heavy (non-hydrogen) atoms. The monoisotopic (exact) mass is 473 g/mol. The van der Waals surface area contributed by atoms with E-state index in [9.17, 15) is 9.59 Å². The van der Waals surface area contributed by atoms with Crippen molar-refractivity contribution in [3.63, 3.8) is 0 Å². The lowest BCUT2D eigenvalue weighted by molar-refractivity contribution is 0.0990. The lowest BCUT2D eigenvalue weighted by atomic mass is 10.0. The maximum absolute atomic E-state index is 13.3. The molecule has 0 bridgehead atoms. The van der Waals surface area contributed by atoms with E-state index in [2.05, 4.69) is 0 Å². The molecule has 3 heterocycles. The summed E-state index contributed by atoms with van der Waals surface area (Å²) in [5.41, 5.74) is 2.44. The standard InChI is InChI=1S/C28H15N3O3S/c32-24-19-13-16-7-4-5-8-17(16)14-20(19)25(33)21(24)15-23-29-28-26(31(23)18-9-2-1-3-10-18)30-27(35-28)22-11-6-12-34-22/h1-15H. The molecule has 7 heteroatoms. The van der Waals surface area contributed by atoms with E-state index in [0.717, 1.165) is 16.5 Å². The molecule has 6 aromatic rings. The normalized spacial score (nSPS) is 13.2. The van der Waals surface area contributed by atoms with Crippen LogP contribution in [0.1, 0.15) is 26.5 Å². The van der Waals surface area contributed by atoms with Crippen LogP contribution in [0.15, 0.2) is 95.1 Å². The molecule has 0 N–H and O–H groups in total. The van der Waals surface area contributed by atoms with Crippen molar-refractivity contribution in [1.29, 1.82) is 0 Å². The first-order chi connectivity index (χ1) is 17.2. The Hall–Kier alpha value is -4.62. The molecule has 0 aliphatic heterocycles. The Morgan fingerprint density at radius 1 is 0.800 bits per heavy atom. The van der Waals surface area contributed by atoms with Gasteiger partial charge in [0.05, 0.1) is 11.8 Å². The number of imidazole rings is 1. The summed E-state index contributed by atoms with van der Waals surface area (Å²) in [5.74, 6) is 0.568. The van der Waals surface area contributed by atoms with Gasteiger partial charge in [0.2, 0.25) is 0 Å². The zero-order valence-corrected chi connectivity index (χ0v) is 19.0. The molecule has 0 saturated carbocycles. The summed E-state index contributed by atoms with van der Waals surface area (Å²) in [6.45, 7) is 0. The Morgan fingerprint density at radius 3 is 2.14 bits per heavy atom. The van der Waals surface area contributed by atoms with E-state index in [1.165, 1.54) is 11.3 Å². The van der Waals surface area contributed by atoms with Crippen molar-refractivity contribution >= 4 is 50.2 Å². The summed E-state index contributed by atoms with van der Waals surface area (Å²) < 4.78 is 7.37. The molecule has 0 radical (unpaired) electrons. The fraction of sp³-hybridized carbons (Fsp3) is 0. The summed E-state index contributed by atoms with van der Waals surface area (Å²) in [6.07, 6.45) is 3.19. The maximum atomic E-state index is 13.3. The zero-order chi connectivity index (χ0) is 23.5. The van der Waals surface area contributed by atoms with E-state index in [1.54, 1.807) is 24.5 Å². The first kappa shape index (κ1) is 19.8. The largest absolute Gasteiger partial charge is 0.462 e. The highest BCUT2D eigenvalue weighted by Gasteiger charge is 2.34. The third-order valence-corrected chi connectivity index (χ3v) is 7.09. The summed E-state index contributed by atoms with van der Waals surface area (Å²) >= 11 is 1.40. The van der Waals surface area contributed by atoms with Gasteiger partial charge in [0.1, 0.15) is 5.82 Å². The molecule has 0 spiro atoms. The van der Waals surface area contributed by atoms with Gasteiger partial charge in [-0.3, -0.25) is 14.2 Å². The van der Waals surface area contributed by atoms with Crippen molar-refractivity contribution in [2.45, 2.75) is 0 Å². The van der Waals surface area contributed by atoms with E-state index in [0.29, 0.717) is 38.2 Å². The number of hydrogen-bond donors (Lipinski definition) is 0. The Kier molecular flexibility index (Phi) is 4.21. The Labute approximate surface area is 202 Å². The molecule has 0 atom stereocenters.